The van der Waals surface area contributed by atoms with Crippen LogP contribution in [0.15, 0.2) is 47.1 Å². The number of nitrogens with one attached hydrogen (secondary N) is 1. The van der Waals surface area contributed by atoms with Crippen LogP contribution in [0, 0.1) is 0 Å². The average Bonchev–Trinajstić information content (AvgIpc) is 3.00. The normalized spacial score (nSPS) is 12.1. The van der Waals surface area contributed by atoms with Gasteiger partial charge in [-0.05, 0) is 30.5 Å². The Morgan fingerprint density at radius 2 is 2.05 bits per heavy atom. The van der Waals surface area contributed by atoms with E-state index in [-0.39, 0.29) is 5.76 Å². The Balaban J connectivity index is 1.78. The highest BCUT2D eigenvalue weighted by Crippen LogP contribution is 2.18. The minimum absolute atomic E-state index is 0.279. The highest BCUT2D eigenvalue weighted by Gasteiger charge is 2.15. The van der Waals surface area contributed by atoms with Gasteiger partial charge in [0, 0.05) is 12.1 Å². The molecule has 0 fully saturated rings. The number of carbonyl (C=O) groups is 1. The second kappa shape index (κ2) is 7.64. The number of rotatable bonds is 7. The molecule has 0 aliphatic carbocycles. The standard InChI is InChI=1S/C17H21NO3/c1-13(14-6-4-3-5-7-14)8-10-18-12-15-9-11-21-16(15)17(19)20-2/h3-7,9,11,13,18H,8,10,12H2,1-2H3. The van der Waals surface area contributed by atoms with Crippen molar-refractivity contribution in [3.8, 4) is 0 Å². The van der Waals surface area contributed by atoms with Gasteiger partial charge in [0.1, 0.15) is 0 Å². The van der Waals surface area contributed by atoms with Crippen LogP contribution < -0.4 is 5.32 Å². The lowest BCUT2D eigenvalue weighted by atomic mass is 9.98. The average molecular weight is 287 g/mol. The maximum atomic E-state index is 11.5. The van der Waals surface area contributed by atoms with Gasteiger partial charge in [-0.25, -0.2) is 4.79 Å². The number of esters is 1. The lowest BCUT2D eigenvalue weighted by Gasteiger charge is -2.12. The van der Waals surface area contributed by atoms with Crippen LogP contribution in [-0.4, -0.2) is 19.6 Å². The van der Waals surface area contributed by atoms with Gasteiger partial charge in [0.15, 0.2) is 0 Å². The van der Waals surface area contributed by atoms with Gasteiger partial charge in [-0.15, -0.1) is 0 Å². The second-order valence-corrected chi connectivity index (χ2v) is 5.04. The molecule has 1 heterocycles. The SMILES string of the molecule is COC(=O)c1occc1CNCCC(C)c1ccccc1. The zero-order chi connectivity index (χ0) is 15.1. The van der Waals surface area contributed by atoms with Crippen LogP contribution in [0.25, 0.3) is 0 Å². The first kappa shape index (κ1) is 15.3. The van der Waals surface area contributed by atoms with Crippen LogP contribution in [0.3, 0.4) is 0 Å². The third-order valence-electron chi connectivity index (χ3n) is 3.56. The molecule has 1 aromatic carbocycles. The molecule has 0 saturated heterocycles. The van der Waals surface area contributed by atoms with Crippen molar-refractivity contribution in [3.63, 3.8) is 0 Å². The fraction of sp³-hybridized carbons (Fsp3) is 0.353. The monoisotopic (exact) mass is 287 g/mol. The molecule has 1 atom stereocenters. The molecule has 0 saturated carbocycles. The summed E-state index contributed by atoms with van der Waals surface area (Å²) in [6, 6.07) is 12.2. The van der Waals surface area contributed by atoms with Crippen molar-refractivity contribution >= 4 is 5.97 Å². The molecule has 4 nitrogen and oxygen atoms in total. The number of ether oxygens (including phenoxy) is 1. The maximum absolute atomic E-state index is 11.5. The van der Waals surface area contributed by atoms with Crippen LogP contribution in [0.2, 0.25) is 0 Å². The highest BCUT2D eigenvalue weighted by atomic mass is 16.5. The summed E-state index contributed by atoms with van der Waals surface area (Å²) in [4.78, 5) is 11.5. The van der Waals surface area contributed by atoms with Crippen molar-refractivity contribution < 1.29 is 13.9 Å². The summed E-state index contributed by atoms with van der Waals surface area (Å²) in [5.41, 5.74) is 2.17. The van der Waals surface area contributed by atoms with Crippen LogP contribution in [0.4, 0.5) is 0 Å². The van der Waals surface area contributed by atoms with Gasteiger partial charge in [-0.3, -0.25) is 0 Å². The van der Waals surface area contributed by atoms with E-state index in [9.17, 15) is 4.79 Å². The van der Waals surface area contributed by atoms with E-state index in [4.69, 9.17) is 4.42 Å². The molecule has 112 valence electrons. The predicted molar refractivity (Wildman–Crippen MR) is 81.2 cm³/mol. The molecule has 1 aromatic heterocycles. The molecule has 0 bridgehead atoms. The van der Waals surface area contributed by atoms with Gasteiger partial charge in [0.05, 0.1) is 13.4 Å². The first-order chi connectivity index (χ1) is 10.2. The third kappa shape index (κ3) is 4.20. The fourth-order valence-electron chi connectivity index (χ4n) is 2.24. The van der Waals surface area contributed by atoms with Crippen molar-refractivity contribution in [1.29, 1.82) is 0 Å². The topological polar surface area (TPSA) is 51.5 Å². The summed E-state index contributed by atoms with van der Waals surface area (Å²) in [6.45, 7) is 3.69. The van der Waals surface area contributed by atoms with Gasteiger partial charge in [0.25, 0.3) is 0 Å². The van der Waals surface area contributed by atoms with E-state index in [1.54, 1.807) is 6.07 Å². The van der Waals surface area contributed by atoms with E-state index in [1.807, 2.05) is 6.07 Å². The van der Waals surface area contributed by atoms with Crippen LogP contribution in [0.5, 0.6) is 0 Å². The Morgan fingerprint density at radius 3 is 2.76 bits per heavy atom. The Morgan fingerprint density at radius 1 is 1.29 bits per heavy atom. The first-order valence-electron chi connectivity index (χ1n) is 7.12. The van der Waals surface area contributed by atoms with Crippen LogP contribution >= 0.6 is 0 Å². The minimum atomic E-state index is -0.436. The number of methoxy groups -OCH3 is 1. The number of benzene rings is 1. The Bertz CT molecular complexity index is 562. The number of hydrogen-bond acceptors (Lipinski definition) is 4. The van der Waals surface area contributed by atoms with E-state index in [0.717, 1.165) is 18.5 Å². The molecular weight excluding hydrogens is 266 g/mol. The Labute approximate surface area is 125 Å². The Kier molecular flexibility index (Phi) is 5.58. The van der Waals surface area contributed by atoms with Gasteiger partial charge in [-0.1, -0.05) is 37.3 Å². The zero-order valence-electron chi connectivity index (χ0n) is 12.5. The van der Waals surface area contributed by atoms with Gasteiger partial charge in [0.2, 0.25) is 5.76 Å². The van der Waals surface area contributed by atoms with Gasteiger partial charge in [-0.2, -0.15) is 0 Å². The fourth-order valence-corrected chi connectivity index (χ4v) is 2.24. The Hall–Kier alpha value is -2.07. The number of hydrogen-bond donors (Lipinski definition) is 1. The van der Waals surface area contributed by atoms with Crippen molar-refractivity contribution in [3.05, 3.63) is 59.5 Å². The molecular formula is C17H21NO3. The van der Waals surface area contributed by atoms with Crippen molar-refractivity contribution in [2.75, 3.05) is 13.7 Å². The van der Waals surface area contributed by atoms with Crippen molar-refractivity contribution in [2.24, 2.45) is 0 Å². The van der Waals surface area contributed by atoms with E-state index < -0.39 is 5.97 Å². The minimum Gasteiger partial charge on any atom is -0.463 e. The highest BCUT2D eigenvalue weighted by molar-refractivity contribution is 5.87. The summed E-state index contributed by atoms with van der Waals surface area (Å²) in [5, 5.41) is 3.34. The molecule has 1 N–H and O–H groups in total. The summed E-state index contributed by atoms with van der Waals surface area (Å²) >= 11 is 0. The third-order valence-corrected chi connectivity index (χ3v) is 3.56. The molecule has 1 unspecified atom stereocenters. The van der Waals surface area contributed by atoms with Crippen LogP contribution in [-0.2, 0) is 11.3 Å². The molecule has 4 heteroatoms. The van der Waals surface area contributed by atoms with E-state index in [2.05, 4.69) is 41.2 Å². The quantitative estimate of drug-likeness (QED) is 0.627. The van der Waals surface area contributed by atoms with Gasteiger partial charge >= 0.3 is 5.97 Å². The van der Waals surface area contributed by atoms with E-state index in [1.165, 1.54) is 18.9 Å². The molecule has 2 aromatic rings. The first-order valence-corrected chi connectivity index (χ1v) is 7.12. The largest absolute Gasteiger partial charge is 0.463 e. The molecule has 0 amide bonds. The van der Waals surface area contributed by atoms with E-state index in [0.29, 0.717) is 12.5 Å². The van der Waals surface area contributed by atoms with Crippen molar-refractivity contribution in [2.45, 2.75) is 25.8 Å². The molecule has 21 heavy (non-hydrogen) atoms. The molecule has 0 spiro atoms. The van der Waals surface area contributed by atoms with Crippen molar-refractivity contribution in [1.82, 2.24) is 5.32 Å². The summed E-state index contributed by atoms with van der Waals surface area (Å²) in [6.07, 6.45) is 2.55. The molecule has 0 aliphatic heterocycles. The molecule has 2 rings (SSSR count). The summed E-state index contributed by atoms with van der Waals surface area (Å²) < 4.78 is 9.83. The summed E-state index contributed by atoms with van der Waals surface area (Å²) in [5.74, 6) is 0.346. The van der Waals surface area contributed by atoms with Crippen LogP contribution in [0.1, 0.15) is 40.9 Å². The maximum Gasteiger partial charge on any atom is 0.374 e. The zero-order valence-corrected chi connectivity index (χ0v) is 12.5. The molecule has 0 aliphatic rings. The lowest BCUT2D eigenvalue weighted by Crippen LogP contribution is -2.18. The lowest BCUT2D eigenvalue weighted by molar-refractivity contribution is 0.0563. The number of carbonyl (C=O) groups excluding carboxylic acids is 1. The smallest absolute Gasteiger partial charge is 0.374 e. The second-order valence-electron chi connectivity index (χ2n) is 5.04. The van der Waals surface area contributed by atoms with E-state index >= 15 is 0 Å². The van der Waals surface area contributed by atoms with Gasteiger partial charge < -0.3 is 14.5 Å². The molecule has 0 radical (unpaired) electrons. The predicted octanol–water partition coefficient (Wildman–Crippen LogP) is 3.35. The number of furan rings is 1. The summed E-state index contributed by atoms with van der Waals surface area (Å²) in [7, 11) is 1.35.